The lowest BCUT2D eigenvalue weighted by molar-refractivity contribution is -0.0696. The maximum atomic E-state index is 12.5. The monoisotopic (exact) mass is 300 g/mol. The van der Waals surface area contributed by atoms with Gasteiger partial charge >= 0.3 is 12.2 Å². The number of hydrogen-bond donors (Lipinski definition) is 2. The molecule has 2 saturated heterocycles. The maximum Gasteiger partial charge on any atom is 0.411 e. The van der Waals surface area contributed by atoms with E-state index in [0.29, 0.717) is 12.8 Å². The molecule has 0 aromatic carbocycles. The van der Waals surface area contributed by atoms with Crippen molar-refractivity contribution in [3.05, 3.63) is 0 Å². The summed E-state index contributed by atoms with van der Waals surface area (Å²) in [6.45, 7) is 7.35. The molecule has 2 N–H and O–H groups in total. The third kappa shape index (κ3) is 2.79. The van der Waals surface area contributed by atoms with Crippen LogP contribution in [0.2, 0.25) is 0 Å². The van der Waals surface area contributed by atoms with E-state index in [4.69, 9.17) is 4.74 Å². The van der Waals surface area contributed by atoms with Crippen molar-refractivity contribution in [1.82, 2.24) is 9.80 Å². The van der Waals surface area contributed by atoms with Crippen molar-refractivity contribution in [2.75, 3.05) is 13.1 Å². The average Bonchev–Trinajstić information content (AvgIpc) is 2.55. The number of aliphatic hydroxyl groups excluding tert-OH is 1. The molecule has 2 amide bonds. The highest BCUT2D eigenvalue weighted by Crippen LogP contribution is 2.42. The topological polar surface area (TPSA) is 90.3 Å². The number of carboxylic acid groups (broad SMARTS) is 1. The molecule has 3 atom stereocenters. The number of ether oxygens (including phenoxy) is 1. The first-order chi connectivity index (χ1) is 9.57. The molecule has 3 unspecified atom stereocenters. The summed E-state index contributed by atoms with van der Waals surface area (Å²) in [7, 11) is 0. The fourth-order valence-electron chi connectivity index (χ4n) is 3.34. The molecule has 2 aliphatic rings. The van der Waals surface area contributed by atoms with Gasteiger partial charge in [0.05, 0.1) is 24.2 Å². The van der Waals surface area contributed by atoms with E-state index in [0.717, 1.165) is 0 Å². The van der Waals surface area contributed by atoms with Crippen LogP contribution in [0.5, 0.6) is 0 Å². The highest BCUT2D eigenvalue weighted by Gasteiger charge is 2.57. The number of piperazine rings is 1. The molecule has 0 radical (unpaired) electrons. The van der Waals surface area contributed by atoms with Gasteiger partial charge < -0.3 is 19.8 Å². The van der Waals surface area contributed by atoms with Gasteiger partial charge in [-0.15, -0.1) is 0 Å². The van der Waals surface area contributed by atoms with Crippen LogP contribution in [0.4, 0.5) is 9.59 Å². The first-order valence-corrected chi connectivity index (χ1v) is 7.25. The Labute approximate surface area is 124 Å². The largest absolute Gasteiger partial charge is 0.465 e. The number of amides is 2. The molecule has 0 aliphatic carbocycles. The Morgan fingerprint density at radius 3 is 2.48 bits per heavy atom. The highest BCUT2D eigenvalue weighted by atomic mass is 16.6. The van der Waals surface area contributed by atoms with Crippen LogP contribution in [-0.4, -0.2) is 68.6 Å². The number of fused-ring (bicyclic) bond motifs is 2. The van der Waals surface area contributed by atoms with Gasteiger partial charge in [0.15, 0.2) is 0 Å². The van der Waals surface area contributed by atoms with Crippen molar-refractivity contribution in [3.63, 3.8) is 0 Å². The third-order valence-corrected chi connectivity index (χ3v) is 4.29. The summed E-state index contributed by atoms with van der Waals surface area (Å²) in [4.78, 5) is 26.6. The highest BCUT2D eigenvalue weighted by molar-refractivity contribution is 5.72. The summed E-state index contributed by atoms with van der Waals surface area (Å²) >= 11 is 0. The molecule has 7 heteroatoms. The molecule has 0 spiro atoms. The maximum absolute atomic E-state index is 12.5. The minimum Gasteiger partial charge on any atom is -0.465 e. The number of rotatable bonds is 1. The Morgan fingerprint density at radius 1 is 1.38 bits per heavy atom. The van der Waals surface area contributed by atoms with E-state index < -0.39 is 29.4 Å². The zero-order chi connectivity index (χ0) is 16.0. The molecule has 0 aromatic heterocycles. The van der Waals surface area contributed by atoms with Crippen LogP contribution in [0.3, 0.4) is 0 Å². The summed E-state index contributed by atoms with van der Waals surface area (Å²) in [5.41, 5.74) is -1.51. The molecule has 7 nitrogen and oxygen atoms in total. The lowest BCUT2D eigenvalue weighted by atomic mass is 9.89. The van der Waals surface area contributed by atoms with Gasteiger partial charge in [0.25, 0.3) is 0 Å². The molecule has 2 aliphatic heterocycles. The van der Waals surface area contributed by atoms with Gasteiger partial charge in [0, 0.05) is 6.54 Å². The number of likely N-dealkylation sites (tertiary alicyclic amines) is 1. The van der Waals surface area contributed by atoms with Crippen LogP contribution in [0.1, 0.15) is 40.5 Å². The third-order valence-electron chi connectivity index (χ3n) is 4.29. The molecule has 2 heterocycles. The van der Waals surface area contributed by atoms with Crippen molar-refractivity contribution >= 4 is 12.2 Å². The van der Waals surface area contributed by atoms with Crippen LogP contribution in [0.25, 0.3) is 0 Å². The fraction of sp³-hybridized carbons (Fsp3) is 0.857. The van der Waals surface area contributed by atoms with Gasteiger partial charge in [0.1, 0.15) is 5.60 Å². The summed E-state index contributed by atoms with van der Waals surface area (Å²) in [5.74, 6) is 0. The van der Waals surface area contributed by atoms with Crippen LogP contribution in [0.15, 0.2) is 0 Å². The second-order valence-electron chi connectivity index (χ2n) is 6.99. The van der Waals surface area contributed by atoms with Gasteiger partial charge in [0.2, 0.25) is 0 Å². The molecule has 2 fully saturated rings. The number of carbonyl (C=O) groups excluding carboxylic acids is 1. The Bertz CT molecular complexity index is 445. The molecular weight excluding hydrogens is 276 g/mol. The molecule has 120 valence electrons. The van der Waals surface area contributed by atoms with Gasteiger partial charge in [-0.05, 0) is 40.5 Å². The number of aliphatic hydroxyl groups is 1. The first kappa shape index (κ1) is 15.9. The fourth-order valence-corrected chi connectivity index (χ4v) is 3.34. The Balaban J connectivity index is 2.29. The van der Waals surface area contributed by atoms with E-state index in [1.54, 1.807) is 32.6 Å². The summed E-state index contributed by atoms with van der Waals surface area (Å²) < 4.78 is 5.44. The normalized spacial score (nSPS) is 30.2. The summed E-state index contributed by atoms with van der Waals surface area (Å²) in [6.07, 6.45) is -1.06. The minimum atomic E-state index is -1.02. The molecule has 2 rings (SSSR count). The quantitative estimate of drug-likeness (QED) is 0.766. The zero-order valence-electron chi connectivity index (χ0n) is 13.0. The predicted octanol–water partition coefficient (Wildman–Crippen LogP) is 1.50. The van der Waals surface area contributed by atoms with E-state index >= 15 is 0 Å². The van der Waals surface area contributed by atoms with Gasteiger partial charge in [-0.1, -0.05) is 0 Å². The molecule has 0 saturated carbocycles. The number of nitrogens with zero attached hydrogens (tertiary/aromatic N) is 2. The molecule has 21 heavy (non-hydrogen) atoms. The van der Waals surface area contributed by atoms with Gasteiger partial charge in [-0.2, -0.15) is 0 Å². The Hall–Kier alpha value is -1.50. The Morgan fingerprint density at radius 2 is 2.00 bits per heavy atom. The molecule has 0 aromatic rings. The van der Waals surface area contributed by atoms with Crippen molar-refractivity contribution in [1.29, 1.82) is 0 Å². The first-order valence-electron chi connectivity index (χ1n) is 7.25. The van der Waals surface area contributed by atoms with E-state index in [1.807, 2.05) is 0 Å². The second kappa shape index (κ2) is 5.05. The van der Waals surface area contributed by atoms with Crippen molar-refractivity contribution in [2.45, 2.75) is 63.8 Å². The number of carbonyl (C=O) groups is 2. The SMILES string of the molecule is CC(O)C12CCC(CN(C(=O)O)C1)N2C(=O)OC(C)(C)C. The van der Waals surface area contributed by atoms with Gasteiger partial charge in [-0.25, -0.2) is 9.59 Å². The lowest BCUT2D eigenvalue weighted by Crippen LogP contribution is -2.68. The van der Waals surface area contributed by atoms with E-state index in [9.17, 15) is 19.8 Å². The smallest absolute Gasteiger partial charge is 0.411 e. The van der Waals surface area contributed by atoms with E-state index in [2.05, 4.69) is 0 Å². The predicted molar refractivity (Wildman–Crippen MR) is 75.1 cm³/mol. The van der Waals surface area contributed by atoms with Crippen LogP contribution >= 0.6 is 0 Å². The summed E-state index contributed by atoms with van der Waals surface area (Å²) in [6, 6.07) is -0.237. The van der Waals surface area contributed by atoms with E-state index in [1.165, 1.54) is 4.90 Å². The molecule has 2 bridgehead atoms. The summed E-state index contributed by atoms with van der Waals surface area (Å²) in [5, 5.41) is 19.4. The zero-order valence-corrected chi connectivity index (χ0v) is 13.0. The van der Waals surface area contributed by atoms with Crippen LogP contribution in [0, 0.1) is 0 Å². The van der Waals surface area contributed by atoms with Crippen molar-refractivity contribution in [2.24, 2.45) is 0 Å². The second-order valence-corrected chi connectivity index (χ2v) is 6.99. The van der Waals surface area contributed by atoms with Crippen molar-refractivity contribution < 1.29 is 24.5 Å². The van der Waals surface area contributed by atoms with E-state index in [-0.39, 0.29) is 19.1 Å². The molecular formula is C14H24N2O5. The van der Waals surface area contributed by atoms with Crippen LogP contribution < -0.4 is 0 Å². The number of hydrogen-bond acceptors (Lipinski definition) is 4. The minimum absolute atomic E-state index is 0.121. The van der Waals surface area contributed by atoms with Gasteiger partial charge in [-0.3, -0.25) is 4.90 Å². The Kier molecular flexibility index (Phi) is 3.82. The average molecular weight is 300 g/mol. The van der Waals surface area contributed by atoms with Crippen molar-refractivity contribution in [3.8, 4) is 0 Å². The lowest BCUT2D eigenvalue weighted by Gasteiger charge is -2.49. The van der Waals surface area contributed by atoms with Crippen LogP contribution in [-0.2, 0) is 4.74 Å². The standard InChI is InChI=1S/C14H24N2O5/c1-9(17)14-6-5-10(7-15(8-14)11(18)19)16(14)12(20)21-13(2,3)4/h9-10,17H,5-8H2,1-4H3,(H,18,19).